The lowest BCUT2D eigenvalue weighted by atomic mass is 9.92. The molecular formula is C12H12N4O3S. The maximum atomic E-state index is 11.9. The molecule has 0 fully saturated rings. The number of hydrogen-bond acceptors (Lipinski definition) is 5. The molecule has 1 aromatic heterocycles. The van der Waals surface area contributed by atoms with E-state index in [4.69, 9.17) is 0 Å². The minimum Gasteiger partial charge on any atom is -0.479 e. The normalized spacial score (nSPS) is 13.2. The van der Waals surface area contributed by atoms with E-state index in [0.29, 0.717) is 10.7 Å². The van der Waals surface area contributed by atoms with Gasteiger partial charge in [0.2, 0.25) is 5.13 Å². The topological polar surface area (TPSA) is 104 Å². The molecule has 0 aliphatic carbocycles. The summed E-state index contributed by atoms with van der Waals surface area (Å²) in [5.74, 6) is -1.16. The highest BCUT2D eigenvalue weighted by Crippen LogP contribution is 2.21. The van der Waals surface area contributed by atoms with E-state index in [1.54, 1.807) is 30.3 Å². The van der Waals surface area contributed by atoms with Crippen LogP contribution in [0, 0.1) is 0 Å². The third kappa shape index (κ3) is 2.91. The van der Waals surface area contributed by atoms with E-state index >= 15 is 0 Å². The molecule has 0 aliphatic heterocycles. The number of hydrogen-bond donors (Lipinski definition) is 3. The van der Waals surface area contributed by atoms with Crippen LogP contribution in [0.2, 0.25) is 0 Å². The van der Waals surface area contributed by atoms with E-state index in [1.807, 2.05) is 0 Å². The molecule has 0 bridgehead atoms. The average molecular weight is 292 g/mol. The number of nitrogens with one attached hydrogen (secondary N) is 2. The van der Waals surface area contributed by atoms with E-state index in [-0.39, 0.29) is 0 Å². The number of anilines is 1. The fraction of sp³-hybridized carbons (Fsp3) is 0.167. The van der Waals surface area contributed by atoms with Crippen LogP contribution in [0.15, 0.2) is 35.8 Å². The quantitative estimate of drug-likeness (QED) is 0.795. The SMILES string of the molecule is CC(NC(=O)Nc1nncs1)(C(=O)O)c1ccccc1. The van der Waals surface area contributed by atoms with Crippen molar-refractivity contribution in [2.24, 2.45) is 0 Å². The fourth-order valence-corrected chi connectivity index (χ4v) is 2.04. The van der Waals surface area contributed by atoms with Crippen LogP contribution in [-0.4, -0.2) is 27.3 Å². The van der Waals surface area contributed by atoms with Crippen molar-refractivity contribution >= 4 is 28.5 Å². The summed E-state index contributed by atoms with van der Waals surface area (Å²) in [7, 11) is 0. The van der Waals surface area contributed by atoms with Gasteiger partial charge in [-0.2, -0.15) is 0 Å². The van der Waals surface area contributed by atoms with E-state index < -0.39 is 17.5 Å². The van der Waals surface area contributed by atoms with E-state index in [2.05, 4.69) is 20.8 Å². The third-order valence-corrected chi connectivity index (χ3v) is 3.33. The first kappa shape index (κ1) is 13.9. The van der Waals surface area contributed by atoms with Crippen molar-refractivity contribution in [2.75, 3.05) is 5.32 Å². The lowest BCUT2D eigenvalue weighted by molar-refractivity contribution is -0.144. The number of rotatable bonds is 4. The second-order valence-electron chi connectivity index (χ2n) is 4.12. The highest BCUT2D eigenvalue weighted by molar-refractivity contribution is 7.13. The van der Waals surface area contributed by atoms with Crippen molar-refractivity contribution in [1.82, 2.24) is 15.5 Å². The Morgan fingerprint density at radius 1 is 1.30 bits per heavy atom. The molecule has 1 atom stereocenters. The van der Waals surface area contributed by atoms with Crippen LogP contribution in [-0.2, 0) is 10.3 Å². The van der Waals surface area contributed by atoms with Crippen molar-refractivity contribution in [1.29, 1.82) is 0 Å². The molecule has 0 radical (unpaired) electrons. The summed E-state index contributed by atoms with van der Waals surface area (Å²) in [6.45, 7) is 1.42. The molecular weight excluding hydrogens is 280 g/mol. The van der Waals surface area contributed by atoms with Gasteiger partial charge in [0, 0.05) is 0 Å². The fourth-order valence-electron chi connectivity index (χ4n) is 1.60. The molecule has 8 heteroatoms. The van der Waals surface area contributed by atoms with Gasteiger partial charge in [0.25, 0.3) is 0 Å². The lowest BCUT2D eigenvalue weighted by Gasteiger charge is -2.26. The number of amides is 2. The van der Waals surface area contributed by atoms with Crippen LogP contribution in [0.5, 0.6) is 0 Å². The summed E-state index contributed by atoms with van der Waals surface area (Å²) >= 11 is 1.14. The molecule has 1 aromatic carbocycles. The number of aromatic nitrogens is 2. The molecule has 0 saturated carbocycles. The molecule has 1 heterocycles. The first-order valence-electron chi connectivity index (χ1n) is 5.66. The van der Waals surface area contributed by atoms with Gasteiger partial charge in [-0.3, -0.25) is 5.32 Å². The molecule has 2 rings (SSSR count). The zero-order valence-electron chi connectivity index (χ0n) is 10.5. The maximum Gasteiger partial charge on any atom is 0.333 e. The van der Waals surface area contributed by atoms with Crippen LogP contribution in [0.4, 0.5) is 9.93 Å². The molecule has 0 aliphatic rings. The number of urea groups is 1. The molecule has 3 N–H and O–H groups in total. The zero-order chi connectivity index (χ0) is 14.6. The Bertz CT molecular complexity index is 602. The standard InChI is InChI=1S/C12H12N4O3S/c1-12(9(17)18,8-5-3-2-4-6-8)15-10(19)14-11-16-13-7-20-11/h2-7H,1H3,(H,17,18)(H2,14,15,16,19). The molecule has 20 heavy (non-hydrogen) atoms. The van der Waals surface area contributed by atoms with E-state index in [9.17, 15) is 14.7 Å². The summed E-state index contributed by atoms with van der Waals surface area (Å²) in [4.78, 5) is 23.3. The Hall–Kier alpha value is -2.48. The Morgan fingerprint density at radius 2 is 2.00 bits per heavy atom. The Labute approximate surface area is 118 Å². The molecule has 0 spiro atoms. The molecule has 2 aromatic rings. The van der Waals surface area contributed by atoms with Gasteiger partial charge in [-0.15, -0.1) is 10.2 Å². The number of aliphatic carboxylic acids is 1. The van der Waals surface area contributed by atoms with Crippen LogP contribution in [0.3, 0.4) is 0 Å². The first-order chi connectivity index (χ1) is 9.52. The first-order valence-corrected chi connectivity index (χ1v) is 6.54. The Morgan fingerprint density at radius 3 is 2.55 bits per heavy atom. The van der Waals surface area contributed by atoms with Crippen LogP contribution in [0.1, 0.15) is 12.5 Å². The summed E-state index contributed by atoms with van der Waals surface area (Å²) < 4.78 is 0. The van der Waals surface area contributed by atoms with Gasteiger partial charge in [-0.1, -0.05) is 41.7 Å². The lowest BCUT2D eigenvalue weighted by Crippen LogP contribution is -2.51. The van der Waals surface area contributed by atoms with Crippen molar-refractivity contribution in [3.8, 4) is 0 Å². The number of benzene rings is 1. The second kappa shape index (κ2) is 5.66. The van der Waals surface area contributed by atoms with Gasteiger partial charge in [0.05, 0.1) is 0 Å². The van der Waals surface area contributed by atoms with Gasteiger partial charge in [0.1, 0.15) is 5.51 Å². The summed E-state index contributed by atoms with van der Waals surface area (Å²) in [5.41, 5.74) is 0.402. The number of carboxylic acids is 1. The minimum absolute atomic E-state index is 0.295. The van der Waals surface area contributed by atoms with Crippen LogP contribution in [0.25, 0.3) is 0 Å². The predicted molar refractivity (Wildman–Crippen MR) is 73.5 cm³/mol. The number of carbonyl (C=O) groups excluding carboxylic acids is 1. The average Bonchev–Trinajstić information content (AvgIpc) is 2.92. The van der Waals surface area contributed by atoms with Gasteiger partial charge in [-0.25, -0.2) is 9.59 Å². The van der Waals surface area contributed by atoms with Gasteiger partial charge in [-0.05, 0) is 12.5 Å². The van der Waals surface area contributed by atoms with Crippen molar-refractivity contribution < 1.29 is 14.7 Å². The summed E-state index contributed by atoms with van der Waals surface area (Å²) in [5, 5.41) is 21.8. The van der Waals surface area contributed by atoms with Crippen molar-refractivity contribution in [3.63, 3.8) is 0 Å². The summed E-state index contributed by atoms with van der Waals surface area (Å²) in [6, 6.07) is 7.81. The third-order valence-electron chi connectivity index (χ3n) is 2.72. The maximum absolute atomic E-state index is 11.9. The Kier molecular flexibility index (Phi) is 3.94. The highest BCUT2D eigenvalue weighted by atomic mass is 32.1. The molecule has 7 nitrogen and oxygen atoms in total. The Balaban J connectivity index is 2.18. The van der Waals surface area contributed by atoms with Crippen LogP contribution >= 0.6 is 11.3 Å². The van der Waals surface area contributed by atoms with Crippen LogP contribution < -0.4 is 10.6 Å². The second-order valence-corrected chi connectivity index (χ2v) is 4.95. The number of nitrogens with zero attached hydrogens (tertiary/aromatic N) is 2. The number of carboxylic acid groups (broad SMARTS) is 1. The van der Waals surface area contributed by atoms with E-state index in [0.717, 1.165) is 11.3 Å². The zero-order valence-corrected chi connectivity index (χ0v) is 11.3. The monoisotopic (exact) mass is 292 g/mol. The largest absolute Gasteiger partial charge is 0.479 e. The summed E-state index contributed by atoms with van der Waals surface area (Å²) in [6.07, 6.45) is 0. The minimum atomic E-state index is -1.53. The highest BCUT2D eigenvalue weighted by Gasteiger charge is 2.36. The smallest absolute Gasteiger partial charge is 0.333 e. The van der Waals surface area contributed by atoms with Gasteiger partial charge < -0.3 is 10.4 Å². The van der Waals surface area contributed by atoms with Crippen molar-refractivity contribution in [2.45, 2.75) is 12.5 Å². The van der Waals surface area contributed by atoms with E-state index in [1.165, 1.54) is 12.4 Å². The number of carbonyl (C=O) groups is 2. The molecule has 104 valence electrons. The van der Waals surface area contributed by atoms with Gasteiger partial charge >= 0.3 is 12.0 Å². The van der Waals surface area contributed by atoms with Gasteiger partial charge in [0.15, 0.2) is 5.54 Å². The molecule has 2 amide bonds. The molecule has 1 unspecified atom stereocenters. The predicted octanol–water partition coefficient (Wildman–Crippen LogP) is 1.66. The molecule has 0 saturated heterocycles. The van der Waals surface area contributed by atoms with Crippen molar-refractivity contribution in [3.05, 3.63) is 41.4 Å².